The number of anilines is 1. The molecule has 0 atom stereocenters. The van der Waals surface area contributed by atoms with Gasteiger partial charge in [-0.1, -0.05) is 18.2 Å². The minimum atomic E-state index is -0.121. The highest BCUT2D eigenvalue weighted by molar-refractivity contribution is 7.17. The summed E-state index contributed by atoms with van der Waals surface area (Å²) in [5.41, 5.74) is 2.07. The highest BCUT2D eigenvalue weighted by atomic mass is 32.1. The third kappa shape index (κ3) is 4.45. The van der Waals surface area contributed by atoms with E-state index in [-0.39, 0.29) is 5.56 Å². The first kappa shape index (κ1) is 20.1. The fraction of sp³-hybridized carbons (Fsp3) is 0.320. The lowest BCUT2D eigenvalue weighted by Crippen LogP contribution is -2.46. The summed E-state index contributed by atoms with van der Waals surface area (Å²) in [4.78, 5) is 19.8. The van der Waals surface area contributed by atoms with Gasteiger partial charge in [-0.15, -0.1) is 11.3 Å². The Morgan fingerprint density at radius 1 is 0.935 bits per heavy atom. The number of piperazine rings is 1. The Morgan fingerprint density at radius 3 is 2.71 bits per heavy atom. The maximum Gasteiger partial charge on any atom is 0.252 e. The van der Waals surface area contributed by atoms with E-state index in [0.29, 0.717) is 12.4 Å². The topological polar surface area (TPSA) is 48.6 Å². The summed E-state index contributed by atoms with van der Waals surface area (Å²) >= 11 is 1.81. The molecule has 160 valence electrons. The molecular weight excluding hydrogens is 406 g/mol. The van der Waals surface area contributed by atoms with Gasteiger partial charge in [-0.25, -0.2) is 0 Å². The summed E-state index contributed by atoms with van der Waals surface area (Å²) in [5.74, 6) is 0.676. The first-order valence-corrected chi connectivity index (χ1v) is 11.8. The minimum absolute atomic E-state index is 0.121. The van der Waals surface area contributed by atoms with Crippen LogP contribution in [0.5, 0.6) is 5.75 Å². The number of aromatic amines is 1. The van der Waals surface area contributed by atoms with Crippen molar-refractivity contribution in [3.63, 3.8) is 0 Å². The number of H-pyrrole nitrogens is 1. The van der Waals surface area contributed by atoms with Crippen molar-refractivity contribution in [2.24, 2.45) is 0 Å². The van der Waals surface area contributed by atoms with Gasteiger partial charge in [0.05, 0.1) is 12.1 Å². The van der Waals surface area contributed by atoms with Crippen LogP contribution in [-0.4, -0.2) is 49.2 Å². The Bertz CT molecular complexity index is 1220. The smallest absolute Gasteiger partial charge is 0.252 e. The van der Waals surface area contributed by atoms with Crippen LogP contribution in [0.4, 0.5) is 5.69 Å². The van der Waals surface area contributed by atoms with Crippen LogP contribution in [-0.2, 0) is 0 Å². The molecule has 1 N–H and O–H groups in total. The van der Waals surface area contributed by atoms with E-state index in [1.165, 1.54) is 15.8 Å². The number of unbranched alkanes of at least 4 members (excludes halogenated alkanes) is 1. The molecule has 1 aliphatic rings. The van der Waals surface area contributed by atoms with Crippen molar-refractivity contribution >= 4 is 38.0 Å². The van der Waals surface area contributed by atoms with E-state index in [0.717, 1.165) is 56.5 Å². The van der Waals surface area contributed by atoms with Crippen molar-refractivity contribution in [3.8, 4) is 5.75 Å². The van der Waals surface area contributed by atoms with Crippen LogP contribution in [0, 0.1) is 0 Å². The summed E-state index contributed by atoms with van der Waals surface area (Å²) in [7, 11) is 0. The average molecular weight is 434 g/mol. The van der Waals surface area contributed by atoms with E-state index < -0.39 is 0 Å². The Balaban J connectivity index is 1.08. The Morgan fingerprint density at radius 2 is 1.81 bits per heavy atom. The molecule has 6 heteroatoms. The lowest BCUT2D eigenvalue weighted by atomic mass is 10.2. The Hall–Kier alpha value is -2.83. The molecule has 5 nitrogen and oxygen atoms in total. The first-order chi connectivity index (χ1) is 15.3. The molecule has 1 saturated heterocycles. The summed E-state index contributed by atoms with van der Waals surface area (Å²) in [5, 5.41) is 4.52. The Labute approximate surface area is 185 Å². The molecule has 2 aromatic heterocycles. The number of benzene rings is 2. The molecule has 0 saturated carbocycles. The number of pyridine rings is 1. The highest BCUT2D eigenvalue weighted by Gasteiger charge is 2.18. The maximum atomic E-state index is 11.8. The van der Waals surface area contributed by atoms with Gasteiger partial charge >= 0.3 is 0 Å². The summed E-state index contributed by atoms with van der Waals surface area (Å²) in [6, 6.07) is 18.2. The van der Waals surface area contributed by atoms with E-state index >= 15 is 0 Å². The van der Waals surface area contributed by atoms with Crippen molar-refractivity contribution in [1.82, 2.24) is 9.88 Å². The van der Waals surface area contributed by atoms with Crippen molar-refractivity contribution in [3.05, 3.63) is 70.3 Å². The van der Waals surface area contributed by atoms with Gasteiger partial charge < -0.3 is 14.6 Å². The van der Waals surface area contributed by atoms with Crippen molar-refractivity contribution < 1.29 is 4.74 Å². The quantitative estimate of drug-likeness (QED) is 0.428. The van der Waals surface area contributed by atoms with Crippen LogP contribution in [0.2, 0.25) is 0 Å². The van der Waals surface area contributed by atoms with Crippen molar-refractivity contribution in [2.75, 3.05) is 44.2 Å². The molecule has 0 bridgehead atoms. The van der Waals surface area contributed by atoms with Gasteiger partial charge in [-0.2, -0.15) is 0 Å². The number of nitrogens with one attached hydrogen (secondary N) is 1. The zero-order valence-corrected chi connectivity index (χ0v) is 18.4. The molecule has 5 rings (SSSR count). The molecule has 0 radical (unpaired) electrons. The largest absolute Gasteiger partial charge is 0.493 e. The van der Waals surface area contributed by atoms with Crippen LogP contribution in [0.1, 0.15) is 12.8 Å². The molecule has 0 amide bonds. The molecule has 2 aromatic carbocycles. The SMILES string of the molecule is O=c1cc(OCCCCN2CCN(c3cccc4sccc34)CC2)c2ccccc2[nH]1. The predicted octanol–water partition coefficient (Wildman–Crippen LogP) is 4.72. The molecule has 0 unspecified atom stereocenters. The molecule has 3 heterocycles. The van der Waals surface area contributed by atoms with Gasteiger partial charge in [0, 0.05) is 53.4 Å². The summed E-state index contributed by atoms with van der Waals surface area (Å²) < 4.78 is 7.32. The van der Waals surface area contributed by atoms with E-state index in [4.69, 9.17) is 4.74 Å². The standard InChI is InChI=1S/C25H27N3O2S/c29-25-18-23(19-6-1-2-7-21(19)26-25)30-16-4-3-11-27-12-14-28(15-13-27)22-8-5-9-24-20(22)10-17-31-24/h1-2,5-10,17-18H,3-4,11-16H2,(H,26,29). The summed E-state index contributed by atoms with van der Waals surface area (Å²) in [6.45, 7) is 6.07. The van der Waals surface area contributed by atoms with E-state index in [2.05, 4.69) is 44.4 Å². The van der Waals surface area contributed by atoms with Gasteiger partial charge in [0.2, 0.25) is 0 Å². The zero-order chi connectivity index (χ0) is 21.0. The van der Waals surface area contributed by atoms with Crippen LogP contribution >= 0.6 is 11.3 Å². The monoisotopic (exact) mass is 433 g/mol. The molecule has 31 heavy (non-hydrogen) atoms. The predicted molar refractivity (Wildman–Crippen MR) is 130 cm³/mol. The lowest BCUT2D eigenvalue weighted by molar-refractivity contribution is 0.239. The summed E-state index contributed by atoms with van der Waals surface area (Å²) in [6.07, 6.45) is 2.08. The average Bonchev–Trinajstić information content (AvgIpc) is 3.28. The number of rotatable bonds is 7. The van der Waals surface area contributed by atoms with Crippen LogP contribution in [0.25, 0.3) is 21.0 Å². The fourth-order valence-corrected chi connectivity index (χ4v) is 5.19. The number of aromatic nitrogens is 1. The van der Waals surface area contributed by atoms with Crippen molar-refractivity contribution in [1.29, 1.82) is 0 Å². The van der Waals surface area contributed by atoms with Crippen LogP contribution in [0.15, 0.2) is 64.8 Å². The van der Waals surface area contributed by atoms with E-state index in [1.807, 2.05) is 35.6 Å². The molecule has 4 aromatic rings. The molecule has 0 aliphatic carbocycles. The van der Waals surface area contributed by atoms with Gasteiger partial charge in [0.15, 0.2) is 0 Å². The third-order valence-electron chi connectivity index (χ3n) is 6.02. The Kier molecular flexibility index (Phi) is 5.91. The molecule has 0 spiro atoms. The molecule has 1 fully saturated rings. The number of hydrogen-bond acceptors (Lipinski definition) is 5. The molecule has 1 aliphatic heterocycles. The van der Waals surface area contributed by atoms with Gasteiger partial charge in [-0.05, 0) is 55.1 Å². The number of fused-ring (bicyclic) bond motifs is 2. The van der Waals surface area contributed by atoms with E-state index in [9.17, 15) is 4.79 Å². The molecular formula is C25H27N3O2S. The van der Waals surface area contributed by atoms with E-state index in [1.54, 1.807) is 6.07 Å². The second kappa shape index (κ2) is 9.12. The normalized spacial score (nSPS) is 15.0. The highest BCUT2D eigenvalue weighted by Crippen LogP contribution is 2.31. The van der Waals surface area contributed by atoms with Crippen molar-refractivity contribution in [2.45, 2.75) is 12.8 Å². The second-order valence-corrected chi connectivity index (χ2v) is 8.98. The maximum absolute atomic E-state index is 11.8. The van der Waals surface area contributed by atoms with Gasteiger partial charge in [0.25, 0.3) is 5.56 Å². The third-order valence-corrected chi connectivity index (χ3v) is 6.91. The van der Waals surface area contributed by atoms with Crippen LogP contribution in [0.3, 0.4) is 0 Å². The van der Waals surface area contributed by atoms with Gasteiger partial charge in [0.1, 0.15) is 5.75 Å². The van der Waals surface area contributed by atoms with Gasteiger partial charge in [-0.3, -0.25) is 9.69 Å². The zero-order valence-electron chi connectivity index (χ0n) is 17.5. The number of para-hydroxylation sites is 1. The first-order valence-electron chi connectivity index (χ1n) is 11.0. The number of thiophene rings is 1. The second-order valence-electron chi connectivity index (χ2n) is 8.04. The fourth-order valence-electron chi connectivity index (χ4n) is 4.38. The lowest BCUT2D eigenvalue weighted by Gasteiger charge is -2.36. The number of ether oxygens (including phenoxy) is 1. The number of nitrogens with zero attached hydrogens (tertiary/aromatic N) is 2. The number of hydrogen-bond donors (Lipinski definition) is 1. The van der Waals surface area contributed by atoms with Crippen LogP contribution < -0.4 is 15.2 Å². The minimum Gasteiger partial charge on any atom is -0.493 e.